The zero-order valence-electron chi connectivity index (χ0n) is 9.70. The minimum atomic E-state index is -5.08. The van der Waals surface area contributed by atoms with E-state index in [1.807, 2.05) is 6.20 Å². The second-order valence-corrected chi connectivity index (χ2v) is 3.71. The Morgan fingerprint density at radius 1 is 1.42 bits per heavy atom. The minimum absolute atomic E-state index is 0.340. The predicted octanol–water partition coefficient (Wildman–Crippen LogP) is 0.323. The van der Waals surface area contributed by atoms with Crippen LogP contribution >= 0.6 is 0 Å². The molecule has 1 aromatic heterocycles. The van der Waals surface area contributed by atoms with Gasteiger partial charge < -0.3 is 20.7 Å². The lowest BCUT2D eigenvalue weighted by Gasteiger charge is -2.16. The van der Waals surface area contributed by atoms with Crippen LogP contribution in [0.25, 0.3) is 0 Å². The number of rotatable bonds is 1. The first-order chi connectivity index (χ1) is 8.73. The van der Waals surface area contributed by atoms with E-state index in [-0.39, 0.29) is 5.91 Å². The molecule has 0 radical (unpaired) electrons. The fraction of sp³-hybridized carbons (Fsp3) is 0.400. The van der Waals surface area contributed by atoms with Gasteiger partial charge in [-0.05, 0) is 6.07 Å². The number of nitrogens with zero attached hydrogens (tertiary/aromatic N) is 1. The van der Waals surface area contributed by atoms with E-state index < -0.39 is 12.1 Å². The summed E-state index contributed by atoms with van der Waals surface area (Å²) in [6, 6.07) is 1.78. The van der Waals surface area contributed by atoms with Gasteiger partial charge in [0.05, 0.1) is 5.56 Å². The van der Waals surface area contributed by atoms with E-state index in [4.69, 9.17) is 15.6 Å². The second-order valence-electron chi connectivity index (χ2n) is 3.71. The highest BCUT2D eigenvalue weighted by atomic mass is 19.4. The lowest BCUT2D eigenvalue weighted by Crippen LogP contribution is -2.29. The molecule has 0 aromatic carbocycles. The molecule has 1 aliphatic rings. The number of halogens is 3. The first-order valence-corrected chi connectivity index (χ1v) is 5.22. The summed E-state index contributed by atoms with van der Waals surface area (Å²) >= 11 is 0. The largest absolute Gasteiger partial charge is 0.490 e. The molecule has 106 valence electrons. The molecule has 4 N–H and O–H groups in total. The Hall–Kier alpha value is -2.03. The predicted molar refractivity (Wildman–Crippen MR) is 58.3 cm³/mol. The molecule has 0 spiro atoms. The Bertz CT molecular complexity index is 482. The molecular weight excluding hydrogens is 267 g/mol. The lowest BCUT2D eigenvalue weighted by molar-refractivity contribution is -0.192. The molecule has 0 saturated carbocycles. The van der Waals surface area contributed by atoms with Crippen LogP contribution in [0.1, 0.15) is 16.1 Å². The van der Waals surface area contributed by atoms with Crippen molar-refractivity contribution in [3.8, 4) is 0 Å². The Kier molecular flexibility index (Phi) is 4.54. The Morgan fingerprint density at radius 2 is 2.00 bits per heavy atom. The number of carboxylic acid groups (broad SMARTS) is 1. The third-order valence-corrected chi connectivity index (χ3v) is 2.41. The van der Waals surface area contributed by atoms with Crippen LogP contribution in [0.5, 0.6) is 0 Å². The molecule has 19 heavy (non-hydrogen) atoms. The van der Waals surface area contributed by atoms with Crippen LogP contribution in [0, 0.1) is 0 Å². The van der Waals surface area contributed by atoms with Crippen LogP contribution in [-0.4, -0.2) is 34.3 Å². The van der Waals surface area contributed by atoms with Gasteiger partial charge >= 0.3 is 12.1 Å². The molecule has 0 atom stereocenters. The average Bonchev–Trinajstić information content (AvgIpc) is 2.72. The topological polar surface area (TPSA) is 97.4 Å². The first-order valence-electron chi connectivity index (χ1n) is 5.22. The molecular formula is C10H12F3N3O3. The summed E-state index contributed by atoms with van der Waals surface area (Å²) in [5.74, 6) is -3.10. The summed E-state index contributed by atoms with van der Waals surface area (Å²) in [5.41, 5.74) is 6.85. The zero-order chi connectivity index (χ0) is 14.6. The van der Waals surface area contributed by atoms with Crippen molar-refractivity contribution in [1.29, 1.82) is 0 Å². The van der Waals surface area contributed by atoms with E-state index >= 15 is 0 Å². The maximum absolute atomic E-state index is 10.9. The van der Waals surface area contributed by atoms with Gasteiger partial charge in [-0.15, -0.1) is 0 Å². The van der Waals surface area contributed by atoms with Crippen molar-refractivity contribution in [3.05, 3.63) is 23.5 Å². The van der Waals surface area contributed by atoms with Gasteiger partial charge in [0.1, 0.15) is 0 Å². The molecule has 0 saturated heterocycles. The molecule has 2 rings (SSSR count). The molecule has 0 unspecified atom stereocenters. The van der Waals surface area contributed by atoms with Gasteiger partial charge in [-0.25, -0.2) is 4.79 Å². The quantitative estimate of drug-likeness (QED) is 0.689. The summed E-state index contributed by atoms with van der Waals surface area (Å²) in [5, 5.41) is 10.3. The van der Waals surface area contributed by atoms with Crippen molar-refractivity contribution in [2.75, 3.05) is 6.54 Å². The van der Waals surface area contributed by atoms with Gasteiger partial charge in [0.25, 0.3) is 5.91 Å². The second kappa shape index (κ2) is 5.74. The standard InChI is InChI=1S/C8H11N3O.C2HF3O2/c9-8(12)6-1-3-11-4-2-10-5-7(6)11;3-2(4,5)1(6)7/h1,3,10H,2,4-5H2,(H2,9,12);(H,6,7). The van der Waals surface area contributed by atoms with Crippen LogP contribution in [0.15, 0.2) is 12.3 Å². The number of alkyl halides is 3. The van der Waals surface area contributed by atoms with Crippen molar-refractivity contribution in [2.24, 2.45) is 5.73 Å². The van der Waals surface area contributed by atoms with Crippen LogP contribution in [-0.2, 0) is 17.9 Å². The highest BCUT2D eigenvalue weighted by Crippen LogP contribution is 2.13. The number of aliphatic carboxylic acids is 1. The molecule has 9 heteroatoms. The van der Waals surface area contributed by atoms with Crippen molar-refractivity contribution >= 4 is 11.9 Å². The smallest absolute Gasteiger partial charge is 0.475 e. The van der Waals surface area contributed by atoms with E-state index in [0.717, 1.165) is 25.3 Å². The SMILES string of the molecule is NC(=O)c1ccn2c1CNCC2.O=C(O)C(F)(F)F. The van der Waals surface area contributed by atoms with Gasteiger partial charge in [0.15, 0.2) is 0 Å². The van der Waals surface area contributed by atoms with Gasteiger partial charge in [0, 0.05) is 31.5 Å². The number of nitrogens with two attached hydrogens (primary N) is 1. The third-order valence-electron chi connectivity index (χ3n) is 2.41. The van der Waals surface area contributed by atoms with Crippen molar-refractivity contribution in [1.82, 2.24) is 9.88 Å². The average molecular weight is 279 g/mol. The van der Waals surface area contributed by atoms with Crippen LogP contribution in [0.3, 0.4) is 0 Å². The summed E-state index contributed by atoms with van der Waals surface area (Å²) in [6.45, 7) is 2.62. The van der Waals surface area contributed by atoms with Crippen molar-refractivity contribution < 1.29 is 27.9 Å². The molecule has 1 amide bonds. The summed E-state index contributed by atoms with van der Waals surface area (Å²) in [6.07, 6.45) is -3.17. The molecule has 0 aliphatic carbocycles. The van der Waals surface area contributed by atoms with Crippen LogP contribution < -0.4 is 11.1 Å². The normalized spacial score (nSPS) is 14.1. The van der Waals surface area contributed by atoms with E-state index in [1.165, 1.54) is 0 Å². The number of hydrogen-bond donors (Lipinski definition) is 3. The number of amides is 1. The molecule has 6 nitrogen and oxygen atoms in total. The molecule has 1 aliphatic heterocycles. The lowest BCUT2D eigenvalue weighted by atomic mass is 10.2. The summed E-state index contributed by atoms with van der Waals surface area (Å²) < 4.78 is 33.8. The maximum atomic E-state index is 10.9. The van der Waals surface area contributed by atoms with Crippen LogP contribution in [0.4, 0.5) is 13.2 Å². The summed E-state index contributed by atoms with van der Waals surface area (Å²) in [7, 11) is 0. The maximum Gasteiger partial charge on any atom is 0.490 e. The molecule has 0 fully saturated rings. The molecule has 2 heterocycles. The van der Waals surface area contributed by atoms with Crippen molar-refractivity contribution in [2.45, 2.75) is 19.3 Å². The zero-order valence-corrected chi connectivity index (χ0v) is 9.70. The third kappa shape index (κ3) is 3.98. The number of carbonyl (C=O) groups excluding carboxylic acids is 1. The molecule has 1 aromatic rings. The van der Waals surface area contributed by atoms with E-state index in [9.17, 15) is 18.0 Å². The van der Waals surface area contributed by atoms with Gasteiger partial charge in [0.2, 0.25) is 0 Å². The number of primary amides is 1. The Balaban J connectivity index is 0.000000224. The first kappa shape index (κ1) is 15.0. The monoisotopic (exact) mass is 279 g/mol. The number of fused-ring (bicyclic) bond motifs is 1. The highest BCUT2D eigenvalue weighted by molar-refractivity contribution is 5.94. The minimum Gasteiger partial charge on any atom is -0.475 e. The number of nitrogens with one attached hydrogen (secondary N) is 1. The van der Waals surface area contributed by atoms with Crippen LogP contribution in [0.2, 0.25) is 0 Å². The van der Waals surface area contributed by atoms with E-state index in [0.29, 0.717) is 5.56 Å². The molecule has 0 bridgehead atoms. The number of hydrogen-bond acceptors (Lipinski definition) is 3. The summed E-state index contributed by atoms with van der Waals surface area (Å²) in [4.78, 5) is 19.8. The highest BCUT2D eigenvalue weighted by Gasteiger charge is 2.38. The van der Waals surface area contributed by atoms with E-state index in [1.54, 1.807) is 6.07 Å². The Morgan fingerprint density at radius 3 is 2.47 bits per heavy atom. The fourth-order valence-electron chi connectivity index (χ4n) is 1.54. The van der Waals surface area contributed by atoms with Gasteiger partial charge in [-0.1, -0.05) is 0 Å². The van der Waals surface area contributed by atoms with Gasteiger partial charge in [-0.2, -0.15) is 13.2 Å². The number of carboxylic acids is 1. The van der Waals surface area contributed by atoms with Crippen molar-refractivity contribution in [3.63, 3.8) is 0 Å². The number of aromatic nitrogens is 1. The van der Waals surface area contributed by atoms with E-state index in [2.05, 4.69) is 9.88 Å². The fourth-order valence-corrected chi connectivity index (χ4v) is 1.54. The number of carbonyl (C=O) groups is 2. The Labute approximate surface area is 106 Å². The van der Waals surface area contributed by atoms with Gasteiger partial charge in [-0.3, -0.25) is 4.79 Å².